The molecule has 0 aliphatic rings. The fourth-order valence-electron chi connectivity index (χ4n) is 1.50. The molecule has 1 heterocycles. The van der Waals surface area contributed by atoms with Crippen LogP contribution < -0.4 is 10.6 Å². The van der Waals surface area contributed by atoms with Crippen LogP contribution in [0.2, 0.25) is 0 Å². The van der Waals surface area contributed by atoms with Crippen molar-refractivity contribution in [2.75, 3.05) is 18.8 Å². The van der Waals surface area contributed by atoms with Crippen molar-refractivity contribution in [3.05, 3.63) is 39.9 Å². The molecule has 7 nitrogen and oxygen atoms in total. The first kappa shape index (κ1) is 16.9. The van der Waals surface area contributed by atoms with E-state index in [2.05, 4.69) is 26.5 Å². The van der Waals surface area contributed by atoms with Crippen LogP contribution in [0.5, 0.6) is 0 Å². The molecule has 0 aromatic carbocycles. The van der Waals surface area contributed by atoms with E-state index in [-0.39, 0.29) is 0 Å². The summed E-state index contributed by atoms with van der Waals surface area (Å²) in [5.74, 6) is 4.52. The van der Waals surface area contributed by atoms with Crippen LogP contribution in [0.15, 0.2) is 18.3 Å². The summed E-state index contributed by atoms with van der Waals surface area (Å²) >= 11 is 1.72. The zero-order valence-electron chi connectivity index (χ0n) is 11.9. The Hall–Kier alpha value is -2.14. The van der Waals surface area contributed by atoms with E-state index < -0.39 is 4.92 Å². The van der Waals surface area contributed by atoms with Crippen LogP contribution in [0.3, 0.4) is 0 Å². The number of rotatable bonds is 10. The number of nitrogens with zero attached hydrogens (tertiary/aromatic N) is 2. The van der Waals surface area contributed by atoms with Gasteiger partial charge >= 0.3 is 0 Å². The molecule has 0 amide bonds. The molecule has 0 unspecified atom stereocenters. The Morgan fingerprint density at radius 2 is 2.38 bits per heavy atom. The smallest absolute Gasteiger partial charge is 0.274 e. The molecule has 1 aromatic rings. The van der Waals surface area contributed by atoms with Crippen LogP contribution in [-0.2, 0) is 5.75 Å². The van der Waals surface area contributed by atoms with Crippen molar-refractivity contribution >= 4 is 11.8 Å². The summed E-state index contributed by atoms with van der Waals surface area (Å²) in [5, 5.41) is 16.4. The summed E-state index contributed by atoms with van der Waals surface area (Å²) in [5.41, 5.74) is 2.11. The van der Waals surface area contributed by atoms with E-state index in [9.17, 15) is 10.1 Å². The molecule has 0 aliphatic heterocycles. The van der Waals surface area contributed by atoms with Crippen LogP contribution in [-0.4, -0.2) is 33.7 Å². The van der Waals surface area contributed by atoms with Crippen LogP contribution >= 0.6 is 11.8 Å². The van der Waals surface area contributed by atoms with Crippen LogP contribution in [0.4, 0.5) is 0 Å². The van der Waals surface area contributed by atoms with Gasteiger partial charge in [0.15, 0.2) is 5.82 Å². The van der Waals surface area contributed by atoms with Gasteiger partial charge in [0.2, 0.25) is 0 Å². The van der Waals surface area contributed by atoms with Crippen LogP contribution in [0.1, 0.15) is 17.8 Å². The third-order valence-electron chi connectivity index (χ3n) is 2.56. The SMILES string of the molecule is C#CCCN/C(=C/[N+](=O)[O-])NCCSCc1[nH]cnc1C. The Morgan fingerprint density at radius 1 is 1.62 bits per heavy atom. The first-order valence-electron chi connectivity index (χ1n) is 6.46. The summed E-state index contributed by atoms with van der Waals surface area (Å²) in [7, 11) is 0. The molecule has 0 spiro atoms. The molecule has 0 radical (unpaired) electrons. The zero-order valence-corrected chi connectivity index (χ0v) is 12.7. The number of nitro groups is 1. The Kier molecular flexibility index (Phi) is 7.82. The minimum absolute atomic E-state index is 0.383. The highest BCUT2D eigenvalue weighted by Gasteiger charge is 2.03. The highest BCUT2D eigenvalue weighted by atomic mass is 32.2. The Bertz CT molecular complexity index is 521. The van der Waals surface area contributed by atoms with E-state index in [1.54, 1.807) is 18.1 Å². The van der Waals surface area contributed by atoms with Crippen molar-refractivity contribution in [3.63, 3.8) is 0 Å². The van der Waals surface area contributed by atoms with Crippen LogP contribution in [0.25, 0.3) is 0 Å². The quantitative estimate of drug-likeness (QED) is 0.260. The Labute approximate surface area is 128 Å². The molecule has 0 atom stereocenters. The highest BCUT2D eigenvalue weighted by molar-refractivity contribution is 7.98. The standard InChI is InChI=1S/C13H19N5O2S/c1-3-4-5-14-13(8-18(19)20)15-6-7-21-9-12-11(2)16-10-17-12/h1,8,10,14-15H,4-7,9H2,2H3,(H,16,17)/b13-8-. The normalized spacial score (nSPS) is 11.0. The second kappa shape index (κ2) is 9.72. The van der Waals surface area contributed by atoms with Crippen LogP contribution in [0, 0.1) is 29.4 Å². The largest absolute Gasteiger partial charge is 0.366 e. The molecule has 1 aromatic heterocycles. The molecular weight excluding hydrogens is 290 g/mol. The maximum absolute atomic E-state index is 10.5. The molecule has 114 valence electrons. The summed E-state index contributed by atoms with van der Waals surface area (Å²) in [6, 6.07) is 0. The van der Waals surface area contributed by atoms with E-state index in [4.69, 9.17) is 6.42 Å². The third-order valence-corrected chi connectivity index (χ3v) is 3.55. The van der Waals surface area contributed by atoms with Crippen molar-refractivity contribution < 1.29 is 4.92 Å². The fourth-order valence-corrected chi connectivity index (χ4v) is 2.38. The van der Waals surface area contributed by atoms with Gasteiger partial charge in [-0.2, -0.15) is 11.8 Å². The van der Waals surface area contributed by atoms with Gasteiger partial charge in [0.1, 0.15) is 0 Å². The fraction of sp³-hybridized carbons (Fsp3) is 0.462. The van der Waals surface area contributed by atoms with E-state index in [0.29, 0.717) is 25.3 Å². The number of H-pyrrole nitrogens is 1. The lowest BCUT2D eigenvalue weighted by Crippen LogP contribution is -2.29. The summed E-state index contributed by atoms with van der Waals surface area (Å²) < 4.78 is 0. The van der Waals surface area contributed by atoms with Gasteiger partial charge in [-0.15, -0.1) is 12.3 Å². The molecule has 3 N–H and O–H groups in total. The maximum atomic E-state index is 10.5. The van der Waals surface area contributed by atoms with Gasteiger partial charge in [-0.3, -0.25) is 10.1 Å². The molecule has 8 heteroatoms. The van der Waals surface area contributed by atoms with Gasteiger partial charge < -0.3 is 15.6 Å². The number of aromatic nitrogens is 2. The highest BCUT2D eigenvalue weighted by Crippen LogP contribution is 2.11. The number of nitrogens with one attached hydrogen (secondary N) is 3. The molecule has 0 fully saturated rings. The number of hydrogen-bond donors (Lipinski definition) is 3. The zero-order chi connectivity index (χ0) is 15.5. The summed E-state index contributed by atoms with van der Waals surface area (Å²) in [6.45, 7) is 3.09. The van der Waals surface area contributed by atoms with Gasteiger partial charge in [0, 0.05) is 36.7 Å². The summed E-state index contributed by atoms with van der Waals surface area (Å²) in [4.78, 5) is 17.2. The first-order chi connectivity index (χ1) is 10.1. The molecule has 0 aliphatic carbocycles. The second-order valence-corrected chi connectivity index (χ2v) is 5.26. The molecule has 0 saturated heterocycles. The first-order valence-corrected chi connectivity index (χ1v) is 7.62. The van der Waals surface area contributed by atoms with Gasteiger partial charge in [0.25, 0.3) is 6.20 Å². The molecule has 1 rings (SSSR count). The van der Waals surface area contributed by atoms with E-state index >= 15 is 0 Å². The monoisotopic (exact) mass is 309 g/mol. The van der Waals surface area contributed by atoms with E-state index in [1.807, 2.05) is 6.92 Å². The van der Waals surface area contributed by atoms with Crippen molar-refractivity contribution in [2.24, 2.45) is 0 Å². The third kappa shape index (κ3) is 7.27. The van der Waals surface area contributed by atoms with E-state index in [0.717, 1.165) is 29.1 Å². The van der Waals surface area contributed by atoms with Crippen molar-refractivity contribution in [1.29, 1.82) is 0 Å². The minimum Gasteiger partial charge on any atom is -0.366 e. The average Bonchev–Trinajstić information content (AvgIpc) is 2.83. The predicted molar refractivity (Wildman–Crippen MR) is 84.0 cm³/mol. The Morgan fingerprint density at radius 3 is 3.00 bits per heavy atom. The van der Waals surface area contributed by atoms with Gasteiger partial charge in [-0.1, -0.05) is 0 Å². The lowest BCUT2D eigenvalue weighted by atomic mass is 10.4. The lowest BCUT2D eigenvalue weighted by molar-refractivity contribution is -0.404. The number of aromatic amines is 1. The van der Waals surface area contributed by atoms with Gasteiger partial charge in [-0.25, -0.2) is 4.98 Å². The summed E-state index contributed by atoms with van der Waals surface area (Å²) in [6.07, 6.45) is 8.25. The maximum Gasteiger partial charge on any atom is 0.274 e. The van der Waals surface area contributed by atoms with E-state index in [1.165, 1.54) is 0 Å². The minimum atomic E-state index is -0.494. The molecular formula is C13H19N5O2S. The van der Waals surface area contributed by atoms with Crippen molar-refractivity contribution in [2.45, 2.75) is 19.1 Å². The molecule has 0 saturated carbocycles. The number of terminal acetylenes is 1. The average molecular weight is 309 g/mol. The van der Waals surface area contributed by atoms with Crippen molar-refractivity contribution in [3.8, 4) is 12.3 Å². The number of imidazole rings is 1. The lowest BCUT2D eigenvalue weighted by Gasteiger charge is -2.10. The number of hydrogen-bond acceptors (Lipinski definition) is 6. The topological polar surface area (TPSA) is 95.9 Å². The van der Waals surface area contributed by atoms with Gasteiger partial charge in [0.05, 0.1) is 16.9 Å². The number of aryl methyl sites for hydroxylation is 1. The number of thioether (sulfide) groups is 1. The van der Waals surface area contributed by atoms with Crippen molar-refractivity contribution in [1.82, 2.24) is 20.6 Å². The Balaban J connectivity index is 2.25. The molecule has 0 bridgehead atoms. The predicted octanol–water partition coefficient (Wildman–Crippen LogP) is 1.23. The second-order valence-electron chi connectivity index (χ2n) is 4.15. The molecule has 21 heavy (non-hydrogen) atoms. The van der Waals surface area contributed by atoms with Gasteiger partial charge in [-0.05, 0) is 6.92 Å².